The lowest BCUT2D eigenvalue weighted by Gasteiger charge is -2.18. The Kier molecular flexibility index (Phi) is 4.58. The number of rotatable bonds is 6. The summed E-state index contributed by atoms with van der Waals surface area (Å²) in [5.74, 6) is -1.31. The van der Waals surface area contributed by atoms with E-state index in [0.717, 1.165) is 0 Å². The van der Waals surface area contributed by atoms with E-state index in [1.165, 1.54) is 13.2 Å². The van der Waals surface area contributed by atoms with E-state index in [1.807, 2.05) is 0 Å². The van der Waals surface area contributed by atoms with Crippen LogP contribution < -0.4 is 10.1 Å². The summed E-state index contributed by atoms with van der Waals surface area (Å²) in [7, 11) is 1.31. The van der Waals surface area contributed by atoms with Gasteiger partial charge in [-0.15, -0.1) is 0 Å². The van der Waals surface area contributed by atoms with E-state index >= 15 is 0 Å². The maximum atomic E-state index is 14.2. The number of methoxy groups -OCH3 is 1. The molecule has 0 aromatic heterocycles. The number of carbonyl (C=O) groups is 1. The number of hydrogen-bond donors (Lipinski definition) is 2. The topological polar surface area (TPSA) is 67.8 Å². The monoisotopic (exact) mass is 317 g/mol. The van der Waals surface area contributed by atoms with Crippen molar-refractivity contribution in [1.29, 1.82) is 0 Å². The van der Waals surface area contributed by atoms with E-state index in [-0.39, 0.29) is 34.6 Å². The third-order valence-corrected chi connectivity index (χ3v) is 3.84. The second-order valence-electron chi connectivity index (χ2n) is 4.86. The van der Waals surface area contributed by atoms with Gasteiger partial charge >= 0.3 is 5.97 Å². The number of phenolic OH excluding ortho intramolecular Hbond substituents is 1. The number of aromatic hydroxyl groups is 1. The Balaban J connectivity index is 2.23. The van der Waals surface area contributed by atoms with Gasteiger partial charge in [-0.25, -0.2) is 4.39 Å². The average Bonchev–Trinajstić information content (AvgIpc) is 3.25. The first kappa shape index (κ1) is 15.9. The molecular weight excluding hydrogens is 301 g/mol. The van der Waals surface area contributed by atoms with E-state index in [4.69, 9.17) is 21.1 Å². The molecule has 0 atom stereocenters. The first-order valence-electron chi connectivity index (χ1n) is 6.61. The predicted octanol–water partition coefficient (Wildman–Crippen LogP) is 2.38. The van der Waals surface area contributed by atoms with Crippen molar-refractivity contribution in [2.45, 2.75) is 31.8 Å². The number of ether oxygens (including phenoxy) is 2. The molecular formula is C14H17ClFNO4. The molecule has 0 amide bonds. The Morgan fingerprint density at radius 1 is 1.57 bits per heavy atom. The zero-order valence-electron chi connectivity index (χ0n) is 11.8. The van der Waals surface area contributed by atoms with Gasteiger partial charge in [-0.2, -0.15) is 0 Å². The van der Waals surface area contributed by atoms with Gasteiger partial charge in [-0.05, 0) is 19.8 Å². The van der Waals surface area contributed by atoms with Crippen LogP contribution in [0.3, 0.4) is 0 Å². The minimum atomic E-state index is -0.756. The van der Waals surface area contributed by atoms with Crippen molar-refractivity contribution in [1.82, 2.24) is 5.32 Å². The highest BCUT2D eigenvalue weighted by Crippen LogP contribution is 2.39. The van der Waals surface area contributed by atoms with Crippen molar-refractivity contribution in [2.24, 2.45) is 0 Å². The molecule has 116 valence electrons. The van der Waals surface area contributed by atoms with Gasteiger partial charge in [0.25, 0.3) is 0 Å². The van der Waals surface area contributed by atoms with Crippen LogP contribution in [0.4, 0.5) is 4.39 Å². The molecule has 5 nitrogen and oxygen atoms in total. The van der Waals surface area contributed by atoms with Crippen molar-refractivity contribution in [3.05, 3.63) is 22.5 Å². The van der Waals surface area contributed by atoms with Crippen LogP contribution in [0.1, 0.15) is 25.3 Å². The highest BCUT2D eigenvalue weighted by atomic mass is 35.5. The lowest BCUT2D eigenvalue weighted by atomic mass is 10.1. The summed E-state index contributed by atoms with van der Waals surface area (Å²) in [4.78, 5) is 11.7. The van der Waals surface area contributed by atoms with Gasteiger partial charge in [0.1, 0.15) is 22.1 Å². The van der Waals surface area contributed by atoms with E-state index < -0.39 is 11.4 Å². The lowest BCUT2D eigenvalue weighted by molar-refractivity contribution is -0.144. The standard InChI is InChI=1S/C14H17ClFNO4/c1-3-21-10-6-9(18)11(15)12(16)8(10)7-17-14(4-5-14)13(19)20-2/h6,17-18H,3-5,7H2,1-2H3. The molecule has 2 N–H and O–H groups in total. The summed E-state index contributed by atoms with van der Waals surface area (Å²) >= 11 is 5.71. The zero-order chi connectivity index (χ0) is 15.6. The van der Waals surface area contributed by atoms with Crippen molar-refractivity contribution in [3.8, 4) is 11.5 Å². The molecule has 1 aliphatic carbocycles. The van der Waals surface area contributed by atoms with Gasteiger partial charge in [-0.3, -0.25) is 10.1 Å². The Labute approximate surface area is 127 Å². The van der Waals surface area contributed by atoms with Crippen molar-refractivity contribution in [2.75, 3.05) is 13.7 Å². The minimum Gasteiger partial charge on any atom is -0.506 e. The maximum Gasteiger partial charge on any atom is 0.326 e. The van der Waals surface area contributed by atoms with Crippen molar-refractivity contribution < 1.29 is 23.8 Å². The van der Waals surface area contributed by atoms with Crippen LogP contribution >= 0.6 is 11.6 Å². The summed E-state index contributed by atoms with van der Waals surface area (Å²) in [5, 5.41) is 12.2. The van der Waals surface area contributed by atoms with Gasteiger partial charge in [-0.1, -0.05) is 11.6 Å². The molecule has 0 bridgehead atoms. The van der Waals surface area contributed by atoms with Gasteiger partial charge < -0.3 is 14.6 Å². The van der Waals surface area contributed by atoms with Crippen LogP contribution in [0, 0.1) is 5.82 Å². The number of nitrogens with one attached hydrogen (secondary N) is 1. The molecule has 0 spiro atoms. The molecule has 21 heavy (non-hydrogen) atoms. The Morgan fingerprint density at radius 2 is 2.24 bits per heavy atom. The average molecular weight is 318 g/mol. The van der Waals surface area contributed by atoms with Gasteiger partial charge in [0, 0.05) is 18.2 Å². The summed E-state index contributed by atoms with van der Waals surface area (Å²) in [6, 6.07) is 1.27. The quantitative estimate of drug-likeness (QED) is 0.789. The van der Waals surface area contributed by atoms with Crippen molar-refractivity contribution in [3.63, 3.8) is 0 Å². The second-order valence-corrected chi connectivity index (χ2v) is 5.24. The van der Waals surface area contributed by atoms with Crippen LogP contribution in [-0.4, -0.2) is 30.3 Å². The number of halogens is 2. The molecule has 0 saturated heterocycles. The third-order valence-electron chi connectivity index (χ3n) is 3.48. The third kappa shape index (κ3) is 3.06. The highest BCUT2D eigenvalue weighted by Gasteiger charge is 2.50. The largest absolute Gasteiger partial charge is 0.506 e. The van der Waals surface area contributed by atoms with Gasteiger partial charge in [0.2, 0.25) is 0 Å². The van der Waals surface area contributed by atoms with E-state index in [1.54, 1.807) is 6.92 Å². The van der Waals surface area contributed by atoms with Crippen LogP contribution in [-0.2, 0) is 16.1 Å². The Hall–Kier alpha value is -1.53. The lowest BCUT2D eigenvalue weighted by Crippen LogP contribution is -2.39. The SMILES string of the molecule is CCOc1cc(O)c(Cl)c(F)c1CNC1(C(=O)OC)CC1. The number of carbonyl (C=O) groups excluding carboxylic acids is 1. The summed E-state index contributed by atoms with van der Waals surface area (Å²) in [6.07, 6.45) is 1.27. The molecule has 1 aliphatic rings. The van der Waals surface area contributed by atoms with Crippen LogP contribution in [0.2, 0.25) is 5.02 Å². The van der Waals surface area contributed by atoms with Crippen LogP contribution in [0.15, 0.2) is 6.07 Å². The van der Waals surface area contributed by atoms with E-state index in [9.17, 15) is 14.3 Å². The molecule has 1 aromatic rings. The molecule has 0 aliphatic heterocycles. The fourth-order valence-electron chi connectivity index (χ4n) is 2.11. The first-order chi connectivity index (χ1) is 9.95. The van der Waals surface area contributed by atoms with Crippen LogP contribution in [0.25, 0.3) is 0 Å². The predicted molar refractivity (Wildman–Crippen MR) is 75.1 cm³/mol. The molecule has 1 aromatic carbocycles. The summed E-state index contributed by atoms with van der Waals surface area (Å²) < 4.78 is 24.2. The molecule has 2 rings (SSSR count). The molecule has 0 radical (unpaired) electrons. The van der Waals surface area contributed by atoms with E-state index in [2.05, 4.69) is 5.32 Å². The first-order valence-corrected chi connectivity index (χ1v) is 6.99. The molecule has 0 unspecified atom stereocenters. The second kappa shape index (κ2) is 6.07. The molecule has 7 heteroatoms. The smallest absolute Gasteiger partial charge is 0.326 e. The number of phenols is 1. The fraction of sp³-hybridized carbons (Fsp3) is 0.500. The number of benzene rings is 1. The normalized spacial score (nSPS) is 15.6. The Bertz CT molecular complexity index is 560. The van der Waals surface area contributed by atoms with Gasteiger partial charge in [0.15, 0.2) is 5.82 Å². The Morgan fingerprint density at radius 3 is 2.76 bits per heavy atom. The minimum absolute atomic E-state index is 0.0519. The van der Waals surface area contributed by atoms with E-state index in [0.29, 0.717) is 19.4 Å². The van der Waals surface area contributed by atoms with Crippen LogP contribution in [0.5, 0.6) is 11.5 Å². The van der Waals surface area contributed by atoms with Gasteiger partial charge in [0.05, 0.1) is 13.7 Å². The maximum absolute atomic E-state index is 14.2. The number of esters is 1. The fourth-order valence-corrected chi connectivity index (χ4v) is 2.28. The van der Waals surface area contributed by atoms with Crippen molar-refractivity contribution >= 4 is 17.6 Å². The summed E-state index contributed by atoms with van der Waals surface area (Å²) in [6.45, 7) is 2.11. The zero-order valence-corrected chi connectivity index (χ0v) is 12.6. The molecule has 1 saturated carbocycles. The molecule has 1 fully saturated rings. The molecule has 0 heterocycles. The summed E-state index contributed by atoms with van der Waals surface area (Å²) in [5.41, 5.74) is -0.579. The number of hydrogen-bond acceptors (Lipinski definition) is 5. The highest BCUT2D eigenvalue weighted by molar-refractivity contribution is 6.32.